The largest absolute Gasteiger partial charge is 0.381 e. The monoisotopic (exact) mass is 254 g/mol. The molecule has 1 aromatic rings. The van der Waals surface area contributed by atoms with E-state index in [2.05, 4.69) is 5.32 Å². The van der Waals surface area contributed by atoms with E-state index in [4.69, 9.17) is 5.26 Å². The number of sulfone groups is 1. The second-order valence-electron chi connectivity index (χ2n) is 4.08. The van der Waals surface area contributed by atoms with E-state index < -0.39 is 15.7 Å². The van der Waals surface area contributed by atoms with Gasteiger partial charge in [-0.25, -0.2) is 12.8 Å². The van der Waals surface area contributed by atoms with Crippen LogP contribution in [0.15, 0.2) is 18.2 Å². The molecule has 1 heterocycles. The van der Waals surface area contributed by atoms with Gasteiger partial charge in [-0.1, -0.05) is 0 Å². The number of nitrogens with one attached hydrogen (secondary N) is 1. The summed E-state index contributed by atoms with van der Waals surface area (Å²) in [4.78, 5) is 0. The molecule has 1 aliphatic rings. The minimum absolute atomic E-state index is 0.0609. The van der Waals surface area contributed by atoms with Crippen molar-refractivity contribution in [2.45, 2.75) is 12.5 Å². The zero-order chi connectivity index (χ0) is 12.5. The summed E-state index contributed by atoms with van der Waals surface area (Å²) >= 11 is 0. The number of hydrogen-bond donors (Lipinski definition) is 1. The Hall–Kier alpha value is -1.61. The van der Waals surface area contributed by atoms with Crippen LogP contribution in [-0.2, 0) is 9.84 Å². The van der Waals surface area contributed by atoms with Crippen LogP contribution in [0.2, 0.25) is 0 Å². The van der Waals surface area contributed by atoms with E-state index in [9.17, 15) is 12.8 Å². The van der Waals surface area contributed by atoms with Gasteiger partial charge in [0.1, 0.15) is 5.82 Å². The van der Waals surface area contributed by atoms with Crippen molar-refractivity contribution in [3.8, 4) is 6.07 Å². The third-order valence-corrected chi connectivity index (χ3v) is 4.40. The zero-order valence-corrected chi connectivity index (χ0v) is 9.80. The summed E-state index contributed by atoms with van der Waals surface area (Å²) in [7, 11) is -2.96. The molecule has 4 nitrogen and oxygen atoms in total. The molecule has 1 saturated heterocycles. The number of nitriles is 1. The number of rotatable bonds is 2. The molecule has 6 heteroatoms. The lowest BCUT2D eigenvalue weighted by Crippen LogP contribution is -2.20. The molecule has 0 spiro atoms. The van der Waals surface area contributed by atoms with Crippen molar-refractivity contribution in [2.75, 3.05) is 16.8 Å². The molecular weight excluding hydrogens is 243 g/mol. The lowest BCUT2D eigenvalue weighted by atomic mass is 10.2. The normalized spacial score (nSPS) is 22.0. The predicted octanol–water partition coefficient (Wildman–Crippen LogP) is 1.30. The van der Waals surface area contributed by atoms with Gasteiger partial charge in [-0.05, 0) is 24.6 Å². The van der Waals surface area contributed by atoms with Crippen molar-refractivity contribution < 1.29 is 12.8 Å². The molecular formula is C11H11FN2O2S. The van der Waals surface area contributed by atoms with E-state index in [1.54, 1.807) is 0 Å². The number of anilines is 1. The first-order valence-electron chi connectivity index (χ1n) is 5.16. The van der Waals surface area contributed by atoms with Crippen molar-refractivity contribution in [1.82, 2.24) is 0 Å². The van der Waals surface area contributed by atoms with Gasteiger partial charge in [-0.3, -0.25) is 0 Å². The Bertz CT molecular complexity index is 578. The summed E-state index contributed by atoms with van der Waals surface area (Å²) in [5.74, 6) is -0.288. The molecule has 0 saturated carbocycles. The van der Waals surface area contributed by atoms with E-state index >= 15 is 0 Å². The third kappa shape index (κ3) is 2.94. The maximum Gasteiger partial charge on any atom is 0.152 e. The number of benzene rings is 1. The van der Waals surface area contributed by atoms with Crippen LogP contribution in [0.4, 0.5) is 10.1 Å². The zero-order valence-electron chi connectivity index (χ0n) is 8.98. The fourth-order valence-electron chi connectivity index (χ4n) is 1.88. The summed E-state index contributed by atoms with van der Waals surface area (Å²) in [5.41, 5.74) is 0.664. The van der Waals surface area contributed by atoms with Crippen molar-refractivity contribution in [1.29, 1.82) is 5.26 Å². The van der Waals surface area contributed by atoms with Crippen molar-refractivity contribution in [3.05, 3.63) is 29.6 Å². The van der Waals surface area contributed by atoms with Crippen LogP contribution >= 0.6 is 0 Å². The van der Waals surface area contributed by atoms with E-state index in [1.165, 1.54) is 12.1 Å². The molecule has 0 radical (unpaired) electrons. The Morgan fingerprint density at radius 1 is 1.41 bits per heavy atom. The van der Waals surface area contributed by atoms with E-state index in [0.29, 0.717) is 12.1 Å². The highest BCUT2D eigenvalue weighted by molar-refractivity contribution is 7.91. The van der Waals surface area contributed by atoms with E-state index in [-0.39, 0.29) is 23.1 Å². The minimum atomic E-state index is -2.96. The first kappa shape index (κ1) is 11.9. The first-order valence-corrected chi connectivity index (χ1v) is 6.98. The summed E-state index contributed by atoms with van der Waals surface area (Å²) in [5, 5.41) is 11.6. The Kier molecular flexibility index (Phi) is 3.03. The van der Waals surface area contributed by atoms with Crippen molar-refractivity contribution >= 4 is 15.5 Å². The van der Waals surface area contributed by atoms with Crippen LogP contribution in [0, 0.1) is 17.1 Å². The highest BCUT2D eigenvalue weighted by Gasteiger charge is 2.27. The van der Waals surface area contributed by atoms with Crippen LogP contribution in [0.3, 0.4) is 0 Å². The maximum absolute atomic E-state index is 13.1. The molecule has 1 fully saturated rings. The number of halogens is 1. The van der Waals surface area contributed by atoms with Crippen LogP contribution in [0.5, 0.6) is 0 Å². The predicted molar refractivity (Wildman–Crippen MR) is 61.8 cm³/mol. The SMILES string of the molecule is N#Cc1cc(F)cc(NC2CCS(=O)(=O)C2)c1. The minimum Gasteiger partial charge on any atom is -0.381 e. The van der Waals surface area contributed by atoms with Gasteiger partial charge < -0.3 is 5.32 Å². The van der Waals surface area contributed by atoms with Gasteiger partial charge in [-0.2, -0.15) is 5.26 Å². The molecule has 0 amide bonds. The lowest BCUT2D eigenvalue weighted by molar-refractivity contribution is 0.602. The molecule has 1 aromatic carbocycles. The van der Waals surface area contributed by atoms with Crippen molar-refractivity contribution in [2.24, 2.45) is 0 Å². The quantitative estimate of drug-likeness (QED) is 0.863. The van der Waals surface area contributed by atoms with Gasteiger partial charge in [-0.15, -0.1) is 0 Å². The maximum atomic E-state index is 13.1. The number of hydrogen-bond acceptors (Lipinski definition) is 4. The average molecular weight is 254 g/mol. The second kappa shape index (κ2) is 4.34. The van der Waals surface area contributed by atoms with Gasteiger partial charge in [0, 0.05) is 11.7 Å². The van der Waals surface area contributed by atoms with Crippen LogP contribution in [0.25, 0.3) is 0 Å². The Morgan fingerprint density at radius 3 is 2.76 bits per heavy atom. The summed E-state index contributed by atoms with van der Waals surface area (Å²) in [6.45, 7) is 0. The molecule has 1 N–H and O–H groups in total. The van der Waals surface area contributed by atoms with Crippen LogP contribution in [-0.4, -0.2) is 26.0 Å². The average Bonchev–Trinajstić information content (AvgIpc) is 2.57. The molecule has 1 atom stereocenters. The van der Waals surface area contributed by atoms with Crippen LogP contribution in [0.1, 0.15) is 12.0 Å². The van der Waals surface area contributed by atoms with Crippen molar-refractivity contribution in [3.63, 3.8) is 0 Å². The summed E-state index contributed by atoms with van der Waals surface area (Å²) in [6, 6.07) is 5.55. The van der Waals surface area contributed by atoms with Gasteiger partial charge in [0.15, 0.2) is 9.84 Å². The molecule has 90 valence electrons. The van der Waals surface area contributed by atoms with Gasteiger partial charge >= 0.3 is 0 Å². The highest BCUT2D eigenvalue weighted by Crippen LogP contribution is 2.19. The first-order chi connectivity index (χ1) is 7.98. The van der Waals surface area contributed by atoms with Crippen LogP contribution < -0.4 is 5.32 Å². The molecule has 1 unspecified atom stereocenters. The molecule has 0 aromatic heterocycles. The van der Waals surface area contributed by atoms with Gasteiger partial charge in [0.25, 0.3) is 0 Å². The fourth-order valence-corrected chi connectivity index (χ4v) is 3.56. The highest BCUT2D eigenvalue weighted by atomic mass is 32.2. The smallest absolute Gasteiger partial charge is 0.152 e. The van der Waals surface area contributed by atoms with Gasteiger partial charge in [0.2, 0.25) is 0 Å². The summed E-state index contributed by atoms with van der Waals surface area (Å²) in [6.07, 6.45) is 0.515. The second-order valence-corrected chi connectivity index (χ2v) is 6.31. The van der Waals surface area contributed by atoms with E-state index in [1.807, 2.05) is 6.07 Å². The Labute approximate surface area is 99.0 Å². The van der Waals surface area contributed by atoms with Gasteiger partial charge in [0.05, 0.1) is 23.1 Å². The standard InChI is InChI=1S/C11H11FN2O2S/c12-9-3-8(6-13)4-11(5-9)14-10-1-2-17(15,16)7-10/h3-5,10,14H,1-2,7H2. The third-order valence-electron chi connectivity index (χ3n) is 2.63. The molecule has 17 heavy (non-hydrogen) atoms. The molecule has 0 bridgehead atoms. The topological polar surface area (TPSA) is 70.0 Å². The molecule has 2 rings (SSSR count). The lowest BCUT2D eigenvalue weighted by Gasteiger charge is -2.12. The fraction of sp³-hybridized carbons (Fsp3) is 0.364. The molecule has 1 aliphatic heterocycles. The Morgan fingerprint density at radius 2 is 2.18 bits per heavy atom. The van der Waals surface area contributed by atoms with E-state index in [0.717, 1.165) is 6.07 Å². The Balaban J connectivity index is 2.15. The molecule has 0 aliphatic carbocycles. The number of nitrogens with zero attached hydrogens (tertiary/aromatic N) is 1. The summed E-state index contributed by atoms with van der Waals surface area (Å²) < 4.78 is 35.6.